The first kappa shape index (κ1) is 13.6. The Labute approximate surface area is 112 Å². The van der Waals surface area contributed by atoms with E-state index in [0.29, 0.717) is 30.6 Å². The minimum absolute atomic E-state index is 0.109. The van der Waals surface area contributed by atoms with E-state index in [2.05, 4.69) is 11.8 Å². The van der Waals surface area contributed by atoms with Crippen molar-refractivity contribution in [3.8, 4) is 11.8 Å². The summed E-state index contributed by atoms with van der Waals surface area (Å²) in [5, 5.41) is 18.3. The molecule has 1 heterocycles. The molecule has 1 amide bonds. The summed E-state index contributed by atoms with van der Waals surface area (Å²) in [6, 6.07) is 5.48. The molecule has 4 heteroatoms. The van der Waals surface area contributed by atoms with Gasteiger partial charge in [-0.25, -0.2) is 0 Å². The van der Waals surface area contributed by atoms with Crippen LogP contribution >= 0.6 is 0 Å². The van der Waals surface area contributed by atoms with E-state index in [4.69, 9.17) is 5.11 Å². The largest absolute Gasteiger partial charge is 0.391 e. The van der Waals surface area contributed by atoms with E-state index < -0.39 is 6.10 Å². The number of rotatable bonds is 1. The number of aliphatic hydroxyl groups is 2. The highest BCUT2D eigenvalue weighted by atomic mass is 16.3. The molecule has 1 atom stereocenters. The van der Waals surface area contributed by atoms with Crippen LogP contribution in [0, 0.1) is 18.8 Å². The summed E-state index contributed by atoms with van der Waals surface area (Å²) in [6.45, 7) is 2.63. The molecule has 0 bridgehead atoms. The zero-order chi connectivity index (χ0) is 13.8. The second kappa shape index (κ2) is 5.87. The lowest BCUT2D eigenvalue weighted by molar-refractivity contribution is 0.0764. The average Bonchev–Trinajstić information content (AvgIpc) is 2.83. The van der Waals surface area contributed by atoms with Gasteiger partial charge in [-0.2, -0.15) is 0 Å². The fraction of sp³-hybridized carbons (Fsp3) is 0.400. The SMILES string of the molecule is Cc1ccc(C#CCO)c(C(=O)N2CCC(O)C2)c1. The molecule has 1 aliphatic rings. The summed E-state index contributed by atoms with van der Waals surface area (Å²) >= 11 is 0. The summed E-state index contributed by atoms with van der Waals surface area (Å²) in [5.74, 6) is 5.25. The third-order valence-corrected chi connectivity index (χ3v) is 3.16. The minimum atomic E-state index is -0.430. The van der Waals surface area contributed by atoms with Gasteiger partial charge in [0.2, 0.25) is 0 Å². The highest BCUT2D eigenvalue weighted by molar-refractivity contribution is 5.97. The molecule has 1 aromatic carbocycles. The Bertz CT molecular complexity index is 542. The van der Waals surface area contributed by atoms with Gasteiger partial charge in [-0.15, -0.1) is 0 Å². The number of aliphatic hydroxyl groups excluding tert-OH is 2. The van der Waals surface area contributed by atoms with Crippen molar-refractivity contribution in [2.75, 3.05) is 19.7 Å². The summed E-state index contributed by atoms with van der Waals surface area (Å²) in [6.07, 6.45) is 0.190. The number of carbonyl (C=O) groups excluding carboxylic acids is 1. The highest BCUT2D eigenvalue weighted by Gasteiger charge is 2.26. The van der Waals surface area contributed by atoms with Crippen molar-refractivity contribution < 1.29 is 15.0 Å². The van der Waals surface area contributed by atoms with Gasteiger partial charge < -0.3 is 15.1 Å². The van der Waals surface area contributed by atoms with Crippen molar-refractivity contribution in [3.05, 3.63) is 34.9 Å². The van der Waals surface area contributed by atoms with Crippen LogP contribution in [0.1, 0.15) is 27.9 Å². The Morgan fingerprint density at radius 1 is 1.53 bits per heavy atom. The number of aryl methyl sites for hydroxylation is 1. The second-order valence-corrected chi connectivity index (χ2v) is 4.70. The quantitative estimate of drug-likeness (QED) is 0.724. The first-order chi connectivity index (χ1) is 9.11. The molecule has 1 fully saturated rings. The molecule has 0 aromatic heterocycles. The molecule has 1 unspecified atom stereocenters. The molecule has 0 saturated carbocycles. The van der Waals surface area contributed by atoms with Crippen LogP contribution in [0.4, 0.5) is 0 Å². The number of β-amino-alcohol motifs (C(OH)–C–C–N with tert-alkyl or cyclic N) is 1. The van der Waals surface area contributed by atoms with Gasteiger partial charge in [-0.3, -0.25) is 4.79 Å². The number of hydrogen-bond acceptors (Lipinski definition) is 3. The Morgan fingerprint density at radius 2 is 2.32 bits per heavy atom. The van der Waals surface area contributed by atoms with E-state index >= 15 is 0 Å². The molecule has 0 radical (unpaired) electrons. The molecule has 19 heavy (non-hydrogen) atoms. The second-order valence-electron chi connectivity index (χ2n) is 4.70. The smallest absolute Gasteiger partial charge is 0.255 e. The number of hydrogen-bond donors (Lipinski definition) is 2. The lowest BCUT2D eigenvalue weighted by atomic mass is 10.0. The van der Waals surface area contributed by atoms with Crippen LogP contribution in [-0.2, 0) is 0 Å². The maximum Gasteiger partial charge on any atom is 0.255 e. The molecule has 1 saturated heterocycles. The van der Waals surface area contributed by atoms with E-state index in [-0.39, 0.29) is 12.5 Å². The number of likely N-dealkylation sites (tertiary alicyclic amines) is 1. The van der Waals surface area contributed by atoms with Gasteiger partial charge in [-0.05, 0) is 25.5 Å². The van der Waals surface area contributed by atoms with Crippen molar-refractivity contribution in [3.63, 3.8) is 0 Å². The van der Waals surface area contributed by atoms with Crippen LogP contribution in [0.2, 0.25) is 0 Å². The number of amides is 1. The van der Waals surface area contributed by atoms with Gasteiger partial charge >= 0.3 is 0 Å². The lowest BCUT2D eigenvalue weighted by Gasteiger charge is -2.17. The maximum absolute atomic E-state index is 12.4. The molecule has 100 valence electrons. The molecule has 0 spiro atoms. The highest BCUT2D eigenvalue weighted by Crippen LogP contribution is 2.17. The van der Waals surface area contributed by atoms with E-state index in [1.165, 1.54) is 0 Å². The normalized spacial score (nSPS) is 18.1. The number of carbonyl (C=O) groups is 1. The standard InChI is InChI=1S/C15H17NO3/c1-11-4-5-12(3-2-8-17)14(9-11)15(19)16-7-6-13(18)10-16/h4-5,9,13,17-18H,6-8,10H2,1H3. The summed E-state index contributed by atoms with van der Waals surface area (Å²) in [5.41, 5.74) is 2.14. The van der Waals surface area contributed by atoms with Crippen LogP contribution in [0.15, 0.2) is 18.2 Å². The number of nitrogens with zero attached hydrogens (tertiary/aromatic N) is 1. The van der Waals surface area contributed by atoms with Gasteiger partial charge in [-0.1, -0.05) is 23.5 Å². The fourth-order valence-electron chi connectivity index (χ4n) is 2.18. The minimum Gasteiger partial charge on any atom is -0.391 e. The Morgan fingerprint density at radius 3 is 2.95 bits per heavy atom. The Hall–Kier alpha value is -1.83. The average molecular weight is 259 g/mol. The van der Waals surface area contributed by atoms with E-state index in [1.54, 1.807) is 17.0 Å². The maximum atomic E-state index is 12.4. The summed E-state index contributed by atoms with van der Waals surface area (Å²) in [7, 11) is 0. The Balaban J connectivity index is 2.31. The van der Waals surface area contributed by atoms with Crippen molar-refractivity contribution in [1.29, 1.82) is 0 Å². The molecule has 0 aliphatic carbocycles. The van der Waals surface area contributed by atoms with Crippen molar-refractivity contribution in [1.82, 2.24) is 4.90 Å². The lowest BCUT2D eigenvalue weighted by Crippen LogP contribution is -2.30. The molecule has 2 rings (SSSR count). The van der Waals surface area contributed by atoms with Gasteiger partial charge in [0.15, 0.2) is 0 Å². The van der Waals surface area contributed by atoms with E-state index in [9.17, 15) is 9.90 Å². The molecule has 2 N–H and O–H groups in total. The van der Waals surface area contributed by atoms with Crippen LogP contribution in [0.25, 0.3) is 0 Å². The first-order valence-corrected chi connectivity index (χ1v) is 6.29. The van der Waals surface area contributed by atoms with E-state index in [0.717, 1.165) is 5.56 Å². The van der Waals surface area contributed by atoms with Gasteiger partial charge in [0.25, 0.3) is 5.91 Å². The first-order valence-electron chi connectivity index (χ1n) is 6.29. The Kier molecular flexibility index (Phi) is 4.20. The molecule has 4 nitrogen and oxygen atoms in total. The van der Waals surface area contributed by atoms with Gasteiger partial charge in [0.05, 0.1) is 11.7 Å². The molecule has 1 aliphatic heterocycles. The van der Waals surface area contributed by atoms with Crippen LogP contribution in [0.3, 0.4) is 0 Å². The topological polar surface area (TPSA) is 60.8 Å². The zero-order valence-electron chi connectivity index (χ0n) is 10.9. The zero-order valence-corrected chi connectivity index (χ0v) is 10.9. The fourth-order valence-corrected chi connectivity index (χ4v) is 2.18. The van der Waals surface area contributed by atoms with Crippen LogP contribution < -0.4 is 0 Å². The summed E-state index contributed by atoms with van der Waals surface area (Å²) in [4.78, 5) is 14.1. The third-order valence-electron chi connectivity index (χ3n) is 3.16. The van der Waals surface area contributed by atoms with Gasteiger partial charge in [0, 0.05) is 18.7 Å². The summed E-state index contributed by atoms with van der Waals surface area (Å²) < 4.78 is 0. The number of benzene rings is 1. The van der Waals surface area contributed by atoms with E-state index in [1.807, 2.05) is 13.0 Å². The van der Waals surface area contributed by atoms with Gasteiger partial charge in [0.1, 0.15) is 6.61 Å². The predicted octanol–water partition coefficient (Wildman–Crippen LogP) is 0.546. The third kappa shape index (κ3) is 3.14. The van der Waals surface area contributed by atoms with Crippen molar-refractivity contribution >= 4 is 5.91 Å². The van der Waals surface area contributed by atoms with Crippen LogP contribution in [-0.4, -0.2) is 46.8 Å². The molecular weight excluding hydrogens is 242 g/mol. The van der Waals surface area contributed by atoms with Crippen molar-refractivity contribution in [2.45, 2.75) is 19.4 Å². The van der Waals surface area contributed by atoms with Crippen LogP contribution in [0.5, 0.6) is 0 Å². The monoisotopic (exact) mass is 259 g/mol. The van der Waals surface area contributed by atoms with Crippen molar-refractivity contribution in [2.24, 2.45) is 0 Å². The molecule has 1 aromatic rings. The molecular formula is C15H17NO3. The predicted molar refractivity (Wildman–Crippen MR) is 71.7 cm³/mol.